The average molecular weight is 353 g/mol. The van der Waals surface area contributed by atoms with Crippen LogP contribution in [-0.4, -0.2) is 25.8 Å². The van der Waals surface area contributed by atoms with Crippen LogP contribution in [-0.2, 0) is 11.2 Å². The standard InChI is InChI=1S/C18H19N5O3/c24-16(20-14-10-19-23(11-14)15-3-1-2-4-15)9-12-5-7-13(8-6-12)17-21-18(25)26-22-17/h5-8,10-11,15H,1-4,9H2,(H,20,24)(H,21,22,25). The molecule has 1 aromatic carbocycles. The summed E-state index contributed by atoms with van der Waals surface area (Å²) in [6, 6.07) is 7.67. The minimum Gasteiger partial charge on any atom is -0.323 e. The van der Waals surface area contributed by atoms with E-state index in [0.29, 0.717) is 11.9 Å². The van der Waals surface area contributed by atoms with Crippen molar-refractivity contribution in [1.82, 2.24) is 19.9 Å². The normalized spacial score (nSPS) is 14.6. The number of nitrogens with one attached hydrogen (secondary N) is 2. The molecule has 8 nitrogen and oxygen atoms in total. The predicted octanol–water partition coefficient (Wildman–Crippen LogP) is 2.52. The molecule has 134 valence electrons. The Labute approximate surface area is 149 Å². The molecular weight excluding hydrogens is 334 g/mol. The van der Waals surface area contributed by atoms with Crippen LogP contribution in [0.1, 0.15) is 37.3 Å². The van der Waals surface area contributed by atoms with Gasteiger partial charge in [-0.1, -0.05) is 42.3 Å². The molecule has 1 saturated carbocycles. The highest BCUT2D eigenvalue weighted by Gasteiger charge is 2.18. The van der Waals surface area contributed by atoms with Gasteiger partial charge >= 0.3 is 5.76 Å². The van der Waals surface area contributed by atoms with E-state index >= 15 is 0 Å². The smallest absolute Gasteiger partial charge is 0.323 e. The molecule has 2 N–H and O–H groups in total. The largest absolute Gasteiger partial charge is 0.439 e. The first-order valence-corrected chi connectivity index (χ1v) is 8.67. The number of aromatic nitrogens is 4. The average Bonchev–Trinajstić information content (AvgIpc) is 3.36. The maximum Gasteiger partial charge on any atom is 0.439 e. The van der Waals surface area contributed by atoms with Crippen molar-refractivity contribution in [1.29, 1.82) is 0 Å². The lowest BCUT2D eigenvalue weighted by Crippen LogP contribution is -2.14. The van der Waals surface area contributed by atoms with E-state index in [4.69, 9.17) is 0 Å². The summed E-state index contributed by atoms with van der Waals surface area (Å²) in [6.45, 7) is 0. The van der Waals surface area contributed by atoms with Gasteiger partial charge in [-0.3, -0.25) is 19.0 Å². The molecule has 0 aliphatic heterocycles. The minimum absolute atomic E-state index is 0.0986. The summed E-state index contributed by atoms with van der Waals surface area (Å²) in [6.07, 6.45) is 8.63. The topological polar surface area (TPSA) is 106 Å². The maximum atomic E-state index is 12.2. The zero-order valence-electron chi connectivity index (χ0n) is 14.1. The Morgan fingerprint density at radius 3 is 2.73 bits per heavy atom. The lowest BCUT2D eigenvalue weighted by Gasteiger charge is -2.08. The summed E-state index contributed by atoms with van der Waals surface area (Å²) >= 11 is 0. The molecule has 1 fully saturated rings. The fourth-order valence-electron chi connectivity index (χ4n) is 3.30. The van der Waals surface area contributed by atoms with E-state index in [1.165, 1.54) is 12.8 Å². The summed E-state index contributed by atoms with van der Waals surface area (Å²) in [5.41, 5.74) is 2.30. The van der Waals surface area contributed by atoms with E-state index in [9.17, 15) is 9.59 Å². The molecule has 0 bridgehead atoms. The van der Waals surface area contributed by atoms with Crippen LogP contribution in [0.2, 0.25) is 0 Å². The van der Waals surface area contributed by atoms with Crippen LogP contribution in [0.25, 0.3) is 11.4 Å². The molecular formula is C18H19N5O3. The Hall–Kier alpha value is -3.16. The van der Waals surface area contributed by atoms with Gasteiger partial charge in [0.1, 0.15) is 0 Å². The van der Waals surface area contributed by atoms with E-state index in [-0.39, 0.29) is 12.3 Å². The number of benzene rings is 1. The Morgan fingerprint density at radius 2 is 2.04 bits per heavy atom. The molecule has 0 radical (unpaired) electrons. The van der Waals surface area contributed by atoms with Crippen molar-refractivity contribution in [3.05, 3.63) is 52.8 Å². The first-order chi connectivity index (χ1) is 12.7. The molecule has 3 aromatic rings. The third-order valence-electron chi connectivity index (χ3n) is 4.62. The van der Waals surface area contributed by atoms with Gasteiger partial charge in [-0.15, -0.1) is 0 Å². The number of amides is 1. The van der Waals surface area contributed by atoms with Crippen LogP contribution in [0.4, 0.5) is 5.69 Å². The van der Waals surface area contributed by atoms with Gasteiger partial charge in [0, 0.05) is 11.8 Å². The van der Waals surface area contributed by atoms with Crippen molar-refractivity contribution in [3.63, 3.8) is 0 Å². The molecule has 0 unspecified atom stereocenters. The van der Waals surface area contributed by atoms with Crippen molar-refractivity contribution in [2.24, 2.45) is 0 Å². The molecule has 26 heavy (non-hydrogen) atoms. The van der Waals surface area contributed by atoms with E-state index in [1.807, 2.05) is 23.0 Å². The number of nitrogens with zero attached hydrogens (tertiary/aromatic N) is 3. The molecule has 4 rings (SSSR count). The third kappa shape index (κ3) is 3.58. The van der Waals surface area contributed by atoms with Crippen molar-refractivity contribution < 1.29 is 9.32 Å². The highest BCUT2D eigenvalue weighted by Crippen LogP contribution is 2.29. The zero-order chi connectivity index (χ0) is 17.9. The van der Waals surface area contributed by atoms with E-state index in [2.05, 4.69) is 25.1 Å². The summed E-state index contributed by atoms with van der Waals surface area (Å²) in [5, 5.41) is 10.9. The van der Waals surface area contributed by atoms with E-state index in [1.54, 1.807) is 18.3 Å². The Kier molecular flexibility index (Phi) is 4.39. The highest BCUT2D eigenvalue weighted by atomic mass is 16.5. The molecule has 1 aliphatic carbocycles. The van der Waals surface area contributed by atoms with Crippen LogP contribution in [0.5, 0.6) is 0 Å². The molecule has 8 heteroatoms. The zero-order valence-corrected chi connectivity index (χ0v) is 14.1. The lowest BCUT2D eigenvalue weighted by atomic mass is 10.1. The second-order valence-corrected chi connectivity index (χ2v) is 6.51. The molecule has 2 aromatic heterocycles. The molecule has 1 aliphatic rings. The van der Waals surface area contributed by atoms with E-state index < -0.39 is 5.76 Å². The van der Waals surface area contributed by atoms with Gasteiger partial charge in [-0.25, -0.2) is 4.79 Å². The van der Waals surface area contributed by atoms with Gasteiger partial charge in [-0.05, 0) is 18.4 Å². The van der Waals surface area contributed by atoms with Crippen LogP contribution in [0.3, 0.4) is 0 Å². The number of carbonyl (C=O) groups excluding carboxylic acids is 1. The second-order valence-electron chi connectivity index (χ2n) is 6.51. The van der Waals surface area contributed by atoms with Gasteiger partial charge < -0.3 is 5.32 Å². The lowest BCUT2D eigenvalue weighted by molar-refractivity contribution is -0.115. The summed E-state index contributed by atoms with van der Waals surface area (Å²) < 4.78 is 6.44. The molecule has 0 spiro atoms. The molecule has 0 atom stereocenters. The van der Waals surface area contributed by atoms with Gasteiger partial charge in [0.15, 0.2) is 5.82 Å². The first kappa shape index (κ1) is 16.3. The molecule has 1 amide bonds. The van der Waals surface area contributed by atoms with Crippen LogP contribution in [0.15, 0.2) is 46.0 Å². The van der Waals surface area contributed by atoms with Crippen LogP contribution >= 0.6 is 0 Å². The number of hydrogen-bond acceptors (Lipinski definition) is 5. The number of anilines is 1. The fourth-order valence-corrected chi connectivity index (χ4v) is 3.30. The predicted molar refractivity (Wildman–Crippen MR) is 94.6 cm³/mol. The van der Waals surface area contributed by atoms with Gasteiger partial charge in [-0.2, -0.15) is 5.10 Å². The number of rotatable bonds is 5. The maximum absolute atomic E-state index is 12.2. The van der Waals surface area contributed by atoms with Crippen molar-refractivity contribution in [2.45, 2.75) is 38.1 Å². The summed E-state index contributed by atoms with van der Waals surface area (Å²) in [7, 11) is 0. The van der Waals surface area contributed by atoms with Gasteiger partial charge in [0.2, 0.25) is 5.91 Å². The Bertz CT molecular complexity index is 948. The van der Waals surface area contributed by atoms with Crippen molar-refractivity contribution in [2.75, 3.05) is 5.32 Å². The van der Waals surface area contributed by atoms with Crippen molar-refractivity contribution in [3.8, 4) is 11.4 Å². The summed E-state index contributed by atoms with van der Waals surface area (Å²) in [4.78, 5) is 25.7. The monoisotopic (exact) mass is 353 g/mol. The summed E-state index contributed by atoms with van der Waals surface area (Å²) in [5.74, 6) is -0.328. The quantitative estimate of drug-likeness (QED) is 0.733. The molecule has 0 saturated heterocycles. The van der Waals surface area contributed by atoms with Crippen molar-refractivity contribution >= 4 is 11.6 Å². The number of carbonyl (C=O) groups is 1. The van der Waals surface area contributed by atoms with Gasteiger partial charge in [0.25, 0.3) is 0 Å². The van der Waals surface area contributed by atoms with E-state index in [0.717, 1.165) is 29.7 Å². The SMILES string of the molecule is O=C(Cc1ccc(-c2noc(=O)[nH]2)cc1)Nc1cnn(C2CCCC2)c1. The molecule has 2 heterocycles. The number of hydrogen-bond donors (Lipinski definition) is 2. The number of H-pyrrole nitrogens is 1. The highest BCUT2D eigenvalue weighted by molar-refractivity contribution is 5.92. The minimum atomic E-state index is -0.596. The fraction of sp³-hybridized carbons (Fsp3) is 0.333. The first-order valence-electron chi connectivity index (χ1n) is 8.67. The Morgan fingerprint density at radius 1 is 1.27 bits per heavy atom. The second kappa shape index (κ2) is 6.99. The van der Waals surface area contributed by atoms with Crippen LogP contribution in [0, 0.1) is 0 Å². The Balaban J connectivity index is 1.36. The number of aromatic amines is 1. The van der Waals surface area contributed by atoms with Crippen LogP contribution < -0.4 is 11.1 Å². The third-order valence-corrected chi connectivity index (χ3v) is 4.62. The van der Waals surface area contributed by atoms with Gasteiger partial charge in [0.05, 0.1) is 24.3 Å².